The van der Waals surface area contributed by atoms with Crippen molar-refractivity contribution < 1.29 is 9.53 Å². The number of amides is 1. The number of rotatable bonds is 9. The summed E-state index contributed by atoms with van der Waals surface area (Å²) in [7, 11) is 0.768. The summed E-state index contributed by atoms with van der Waals surface area (Å²) >= 11 is 0. The molecular formula is C31H46N6O2Si. The molecule has 1 saturated carbocycles. The Kier molecular flexibility index (Phi) is 7.42. The fraction of sp³-hybridized carbons (Fsp3) is 0.645. The van der Waals surface area contributed by atoms with Gasteiger partial charge in [-0.25, -0.2) is 9.67 Å². The topological polar surface area (TPSA) is 79.3 Å². The number of anilines is 1. The van der Waals surface area contributed by atoms with Crippen molar-refractivity contribution in [1.29, 1.82) is 0 Å². The minimum atomic E-state index is -1.13. The molecule has 1 saturated heterocycles. The summed E-state index contributed by atoms with van der Waals surface area (Å²) in [6.07, 6.45) is 7.11. The van der Waals surface area contributed by atoms with Crippen LogP contribution in [0.3, 0.4) is 0 Å². The number of nitrogens with zero attached hydrogens (tertiary/aromatic N) is 5. The lowest BCUT2D eigenvalue weighted by molar-refractivity contribution is -0.123. The van der Waals surface area contributed by atoms with E-state index < -0.39 is 8.07 Å². The maximum Gasteiger partial charge on any atom is 0.243 e. The quantitative estimate of drug-likeness (QED) is 0.271. The zero-order valence-corrected chi connectivity index (χ0v) is 26.2. The second-order valence-electron chi connectivity index (χ2n) is 13.7. The van der Waals surface area contributed by atoms with Gasteiger partial charge in [-0.15, -0.1) is 0 Å². The zero-order chi connectivity index (χ0) is 28.2. The van der Waals surface area contributed by atoms with Gasteiger partial charge in [0.1, 0.15) is 12.4 Å². The molecule has 3 aromatic rings. The van der Waals surface area contributed by atoms with Crippen LogP contribution in [-0.2, 0) is 29.1 Å². The Bertz CT molecular complexity index is 1400. The number of H-pyrrole nitrogens is 1. The Morgan fingerprint density at radius 1 is 1.18 bits per heavy atom. The normalized spacial score (nSPS) is 21.8. The van der Waals surface area contributed by atoms with Crippen molar-refractivity contribution in [2.24, 2.45) is 11.8 Å². The van der Waals surface area contributed by atoms with Crippen molar-refractivity contribution in [2.75, 3.05) is 31.6 Å². The Balaban J connectivity index is 1.26. The first kappa shape index (κ1) is 27.7. The predicted molar refractivity (Wildman–Crippen MR) is 163 cm³/mol. The monoisotopic (exact) mass is 562 g/mol. The molecule has 2 fully saturated rings. The molecule has 6 rings (SSSR count). The SMILES string of the molecule is Cc1cc2[nH]c(-c3nn(COCC[Si](C)(C)C)c4c3C[C@@H]3C[C@@H]3C4)nc2cc1N(C)C(=O)C(C)N1CCCCC1. The summed E-state index contributed by atoms with van der Waals surface area (Å²) in [6.45, 7) is 14.6. The van der Waals surface area contributed by atoms with Gasteiger partial charge in [-0.1, -0.05) is 26.1 Å². The molecule has 3 heterocycles. The molecule has 1 N–H and O–H groups in total. The third-order valence-corrected chi connectivity index (χ3v) is 11.1. The molecule has 40 heavy (non-hydrogen) atoms. The van der Waals surface area contributed by atoms with Crippen LogP contribution in [0.5, 0.6) is 0 Å². The number of hydrogen-bond donors (Lipinski definition) is 1. The lowest BCUT2D eigenvalue weighted by Crippen LogP contribution is -2.48. The fourth-order valence-corrected chi connectivity index (χ4v) is 7.37. The smallest absolute Gasteiger partial charge is 0.243 e. The minimum absolute atomic E-state index is 0.121. The molecule has 3 aliphatic rings. The number of aromatic amines is 1. The second-order valence-corrected chi connectivity index (χ2v) is 19.3. The number of hydrogen-bond acceptors (Lipinski definition) is 5. The molecule has 2 aromatic heterocycles. The largest absolute Gasteiger partial charge is 0.360 e. The molecule has 216 valence electrons. The molecule has 1 aromatic carbocycles. The minimum Gasteiger partial charge on any atom is -0.360 e. The molecule has 3 atom stereocenters. The van der Waals surface area contributed by atoms with E-state index in [9.17, 15) is 4.79 Å². The van der Waals surface area contributed by atoms with Crippen LogP contribution in [-0.4, -0.2) is 71.4 Å². The summed E-state index contributed by atoms with van der Waals surface area (Å²) in [4.78, 5) is 26.2. The number of nitrogens with one attached hydrogen (secondary N) is 1. The third kappa shape index (κ3) is 5.52. The number of likely N-dealkylation sites (N-methyl/N-ethyl adjacent to an activating group) is 1. The molecule has 0 radical (unpaired) electrons. The van der Waals surface area contributed by atoms with Gasteiger partial charge in [0.25, 0.3) is 0 Å². The van der Waals surface area contributed by atoms with Gasteiger partial charge in [0.2, 0.25) is 5.91 Å². The molecule has 2 aliphatic carbocycles. The number of fused-ring (bicyclic) bond motifs is 3. The van der Waals surface area contributed by atoms with E-state index in [4.69, 9.17) is 14.8 Å². The fourth-order valence-electron chi connectivity index (χ4n) is 6.61. The third-order valence-electron chi connectivity index (χ3n) is 9.38. The van der Waals surface area contributed by atoms with Gasteiger partial charge in [-0.3, -0.25) is 9.69 Å². The van der Waals surface area contributed by atoms with E-state index in [2.05, 4.69) is 53.3 Å². The van der Waals surface area contributed by atoms with Gasteiger partial charge < -0.3 is 14.6 Å². The average molecular weight is 563 g/mol. The lowest BCUT2D eigenvalue weighted by atomic mass is 9.95. The number of benzene rings is 1. The molecule has 0 spiro atoms. The van der Waals surface area contributed by atoms with Crippen molar-refractivity contribution in [3.05, 3.63) is 29.0 Å². The number of carbonyl (C=O) groups excluding carboxylic acids is 1. The number of piperidine rings is 1. The Morgan fingerprint density at radius 3 is 2.67 bits per heavy atom. The Labute approximate surface area is 239 Å². The predicted octanol–water partition coefficient (Wildman–Crippen LogP) is 5.62. The maximum atomic E-state index is 13.5. The zero-order valence-electron chi connectivity index (χ0n) is 25.2. The van der Waals surface area contributed by atoms with Crippen molar-refractivity contribution in [1.82, 2.24) is 24.6 Å². The molecule has 8 nitrogen and oxygen atoms in total. The van der Waals surface area contributed by atoms with E-state index in [1.165, 1.54) is 36.9 Å². The van der Waals surface area contributed by atoms with E-state index in [-0.39, 0.29) is 11.9 Å². The molecule has 1 aliphatic heterocycles. The average Bonchev–Trinajstić information content (AvgIpc) is 3.44. The number of aryl methyl sites for hydroxylation is 1. The van der Waals surface area contributed by atoms with Crippen LogP contribution in [0, 0.1) is 18.8 Å². The lowest BCUT2D eigenvalue weighted by Gasteiger charge is -2.34. The highest BCUT2D eigenvalue weighted by atomic mass is 28.3. The van der Waals surface area contributed by atoms with Crippen LogP contribution in [0.1, 0.15) is 49.4 Å². The van der Waals surface area contributed by atoms with E-state index in [0.717, 1.165) is 84.2 Å². The van der Waals surface area contributed by atoms with Crippen LogP contribution < -0.4 is 4.90 Å². The van der Waals surface area contributed by atoms with Gasteiger partial charge in [-0.2, -0.15) is 5.10 Å². The van der Waals surface area contributed by atoms with Gasteiger partial charge >= 0.3 is 0 Å². The summed E-state index contributed by atoms with van der Waals surface area (Å²) in [6, 6.07) is 5.22. The van der Waals surface area contributed by atoms with Crippen LogP contribution in [0.4, 0.5) is 5.69 Å². The van der Waals surface area contributed by atoms with Gasteiger partial charge in [-0.05, 0) is 94.6 Å². The highest BCUT2D eigenvalue weighted by Crippen LogP contribution is 2.49. The molecule has 0 bridgehead atoms. The number of carbonyl (C=O) groups is 1. The Hall–Kier alpha value is -2.49. The first-order chi connectivity index (χ1) is 19.1. The second kappa shape index (κ2) is 10.7. The van der Waals surface area contributed by atoms with Crippen molar-refractivity contribution in [3.63, 3.8) is 0 Å². The van der Waals surface area contributed by atoms with Crippen molar-refractivity contribution in [2.45, 2.75) is 90.8 Å². The summed E-state index contributed by atoms with van der Waals surface area (Å²) in [5.41, 5.74) is 7.47. The van der Waals surface area contributed by atoms with E-state index in [1.54, 1.807) is 0 Å². The highest BCUT2D eigenvalue weighted by molar-refractivity contribution is 6.76. The van der Waals surface area contributed by atoms with Gasteiger partial charge in [0, 0.05) is 38.7 Å². The maximum absolute atomic E-state index is 13.5. The van der Waals surface area contributed by atoms with Gasteiger partial charge in [0.05, 0.1) is 17.1 Å². The van der Waals surface area contributed by atoms with Crippen LogP contribution in [0.15, 0.2) is 12.1 Å². The summed E-state index contributed by atoms with van der Waals surface area (Å²) in [5.74, 6) is 2.55. The van der Waals surface area contributed by atoms with Crippen LogP contribution >= 0.6 is 0 Å². The first-order valence-electron chi connectivity index (χ1n) is 15.3. The highest BCUT2D eigenvalue weighted by Gasteiger charge is 2.44. The summed E-state index contributed by atoms with van der Waals surface area (Å²) < 4.78 is 8.22. The number of imidazole rings is 1. The Morgan fingerprint density at radius 2 is 1.93 bits per heavy atom. The summed E-state index contributed by atoms with van der Waals surface area (Å²) in [5, 5.41) is 5.07. The van der Waals surface area contributed by atoms with E-state index in [0.29, 0.717) is 6.73 Å². The first-order valence-corrected chi connectivity index (χ1v) is 19.0. The van der Waals surface area contributed by atoms with E-state index >= 15 is 0 Å². The molecular weight excluding hydrogens is 516 g/mol. The van der Waals surface area contributed by atoms with Crippen LogP contribution in [0.2, 0.25) is 25.7 Å². The van der Waals surface area contributed by atoms with Crippen molar-refractivity contribution >= 4 is 30.7 Å². The van der Waals surface area contributed by atoms with E-state index in [1.807, 2.05) is 18.9 Å². The molecule has 1 unspecified atom stereocenters. The van der Waals surface area contributed by atoms with Gasteiger partial charge in [0.15, 0.2) is 5.82 Å². The number of likely N-dealkylation sites (tertiary alicyclic amines) is 1. The standard InChI is InChI=1S/C31H46N6O2Si/c1-20-14-25-26(18-27(20)35(3)31(38)21(2)36-10-8-7-9-11-36)33-30(32-25)29-24-16-22-15-23(22)17-28(24)37(34-29)19-39-12-13-40(4,5)6/h14,18,21-23H,7-13,15-17,19H2,1-6H3,(H,32,33)/t21?,22-,23+/m0/s1. The van der Waals surface area contributed by atoms with Crippen molar-refractivity contribution in [3.8, 4) is 11.5 Å². The number of aromatic nitrogens is 4. The number of ether oxygens (including phenoxy) is 1. The molecule has 9 heteroatoms. The van der Waals surface area contributed by atoms with Crippen LogP contribution in [0.25, 0.3) is 22.6 Å². The molecule has 1 amide bonds.